The second kappa shape index (κ2) is 9.73. The van der Waals surface area contributed by atoms with Crippen LogP contribution in [0.25, 0.3) is 11.4 Å². The number of nitrogens with one attached hydrogen (secondary N) is 2. The van der Waals surface area contributed by atoms with Gasteiger partial charge in [-0.3, -0.25) is 4.79 Å². The van der Waals surface area contributed by atoms with Crippen LogP contribution in [0.15, 0.2) is 22.7 Å². The molecule has 13 heteroatoms. The lowest BCUT2D eigenvalue weighted by Gasteiger charge is -2.20. The van der Waals surface area contributed by atoms with Gasteiger partial charge in [0.1, 0.15) is 17.7 Å². The van der Waals surface area contributed by atoms with Crippen LogP contribution in [0.5, 0.6) is 0 Å². The Morgan fingerprint density at radius 1 is 1.20 bits per heavy atom. The van der Waals surface area contributed by atoms with E-state index in [0.717, 1.165) is 25.1 Å². The monoisotopic (exact) mass is 428 g/mol. The third kappa shape index (κ3) is 5.94. The van der Waals surface area contributed by atoms with Gasteiger partial charge in [-0.25, -0.2) is 18.4 Å². The molecule has 0 saturated heterocycles. The summed E-state index contributed by atoms with van der Waals surface area (Å²) < 4.78 is 32.2. The van der Waals surface area contributed by atoms with Crippen molar-refractivity contribution < 1.29 is 43.0 Å². The van der Waals surface area contributed by atoms with Crippen molar-refractivity contribution in [2.75, 3.05) is 0 Å². The minimum absolute atomic E-state index is 0.234. The van der Waals surface area contributed by atoms with Crippen molar-refractivity contribution in [2.45, 2.75) is 38.0 Å². The third-order valence-electron chi connectivity index (χ3n) is 3.90. The molecule has 162 valence electrons. The number of hydrogen-bond donors (Lipinski definition) is 5. The number of urea groups is 1. The van der Waals surface area contributed by atoms with Gasteiger partial charge in [-0.05, 0) is 31.5 Å². The maximum Gasteiger partial charge on any atom is 0.328 e. The first kappa shape index (κ1) is 22.7. The molecule has 0 aliphatic heterocycles. The summed E-state index contributed by atoms with van der Waals surface area (Å²) in [7, 11) is 0. The van der Waals surface area contributed by atoms with Crippen LogP contribution in [-0.4, -0.2) is 55.6 Å². The molecule has 5 N–H and O–H groups in total. The van der Waals surface area contributed by atoms with Crippen molar-refractivity contribution in [2.24, 2.45) is 0 Å². The van der Waals surface area contributed by atoms with Crippen molar-refractivity contribution in [1.82, 2.24) is 20.8 Å². The number of carboxylic acid groups (broad SMARTS) is 2. The Morgan fingerprint density at radius 2 is 1.90 bits per heavy atom. The average Bonchev–Trinajstić information content (AvgIpc) is 3.14. The molecular weight excluding hydrogens is 410 g/mol. The summed E-state index contributed by atoms with van der Waals surface area (Å²) in [5, 5.41) is 35.1. The highest BCUT2D eigenvalue weighted by atomic mass is 19.1. The number of benzene rings is 1. The molecule has 3 atom stereocenters. The van der Waals surface area contributed by atoms with Crippen LogP contribution in [0, 0.1) is 11.6 Å². The minimum atomic E-state index is -1.63. The van der Waals surface area contributed by atoms with E-state index in [1.165, 1.54) is 0 Å². The molecule has 2 rings (SSSR count). The minimum Gasteiger partial charge on any atom is -0.481 e. The van der Waals surface area contributed by atoms with E-state index in [1.54, 1.807) is 0 Å². The number of amides is 2. The van der Waals surface area contributed by atoms with Crippen molar-refractivity contribution in [1.29, 1.82) is 0 Å². The molecule has 0 aliphatic rings. The fourth-order valence-electron chi connectivity index (χ4n) is 2.41. The SMILES string of the molecule is CC(O)C(NC(=O)N[C@@H](CCC(=O)O)c1nc(-c2cc(F)ccc2F)no1)C(=O)O. The molecule has 1 aromatic carbocycles. The lowest BCUT2D eigenvalue weighted by atomic mass is 10.1. The summed E-state index contributed by atoms with van der Waals surface area (Å²) in [5.41, 5.74) is -0.313. The molecule has 2 unspecified atom stereocenters. The number of aliphatic hydroxyl groups excluding tert-OH is 1. The molecule has 2 amide bonds. The molecule has 0 fully saturated rings. The van der Waals surface area contributed by atoms with E-state index in [1.807, 2.05) is 5.32 Å². The second-order valence-electron chi connectivity index (χ2n) is 6.24. The van der Waals surface area contributed by atoms with E-state index in [9.17, 15) is 28.3 Å². The Balaban J connectivity index is 2.23. The predicted molar refractivity (Wildman–Crippen MR) is 94.0 cm³/mol. The van der Waals surface area contributed by atoms with Gasteiger partial charge >= 0.3 is 18.0 Å². The molecule has 30 heavy (non-hydrogen) atoms. The quantitative estimate of drug-likeness (QED) is 0.391. The highest BCUT2D eigenvalue weighted by Crippen LogP contribution is 2.24. The Morgan fingerprint density at radius 3 is 2.50 bits per heavy atom. The van der Waals surface area contributed by atoms with Gasteiger partial charge in [0, 0.05) is 6.42 Å². The maximum atomic E-state index is 13.9. The van der Waals surface area contributed by atoms with Gasteiger partial charge in [0.15, 0.2) is 6.04 Å². The van der Waals surface area contributed by atoms with Gasteiger partial charge in [-0.2, -0.15) is 4.98 Å². The molecule has 0 aliphatic carbocycles. The summed E-state index contributed by atoms with van der Waals surface area (Å²) in [6.45, 7) is 1.15. The molecule has 0 saturated carbocycles. The fourth-order valence-corrected chi connectivity index (χ4v) is 2.41. The number of nitrogens with zero attached hydrogens (tertiary/aromatic N) is 2. The highest BCUT2D eigenvalue weighted by molar-refractivity contribution is 5.83. The Labute approximate surface area is 167 Å². The molecule has 2 aromatic rings. The Bertz CT molecular complexity index is 935. The normalized spacial score (nSPS) is 13.9. The van der Waals surface area contributed by atoms with Gasteiger partial charge in [0.25, 0.3) is 0 Å². The first-order chi connectivity index (χ1) is 14.1. The van der Waals surface area contributed by atoms with E-state index in [0.29, 0.717) is 0 Å². The number of carbonyl (C=O) groups is 3. The van der Waals surface area contributed by atoms with Crippen LogP contribution in [-0.2, 0) is 9.59 Å². The summed E-state index contributed by atoms with van der Waals surface area (Å²) in [6.07, 6.45) is -2.09. The largest absolute Gasteiger partial charge is 0.481 e. The fraction of sp³-hybridized carbons (Fsp3) is 0.353. The summed E-state index contributed by atoms with van der Waals surface area (Å²) in [4.78, 5) is 38.0. The summed E-state index contributed by atoms with van der Waals surface area (Å²) >= 11 is 0. The maximum absolute atomic E-state index is 13.9. The number of aromatic nitrogens is 2. The summed E-state index contributed by atoms with van der Waals surface area (Å²) in [6, 6.07) is -1.31. The number of carboxylic acids is 2. The molecule has 11 nitrogen and oxygen atoms in total. The Kier molecular flexibility index (Phi) is 7.36. The van der Waals surface area contributed by atoms with E-state index in [-0.39, 0.29) is 23.7 Å². The number of aliphatic hydroxyl groups is 1. The number of hydrogen-bond acceptors (Lipinski definition) is 7. The van der Waals surface area contributed by atoms with E-state index >= 15 is 0 Å². The molecule has 1 aromatic heterocycles. The van der Waals surface area contributed by atoms with Crippen molar-refractivity contribution in [3.05, 3.63) is 35.7 Å². The van der Waals surface area contributed by atoms with Crippen LogP contribution in [0.2, 0.25) is 0 Å². The van der Waals surface area contributed by atoms with Crippen LogP contribution in [0.4, 0.5) is 13.6 Å². The second-order valence-corrected chi connectivity index (χ2v) is 6.24. The first-order valence-corrected chi connectivity index (χ1v) is 8.57. The van der Waals surface area contributed by atoms with E-state index < -0.39 is 54.2 Å². The zero-order valence-electron chi connectivity index (χ0n) is 15.5. The number of rotatable bonds is 9. The van der Waals surface area contributed by atoms with Gasteiger partial charge in [0.05, 0.1) is 11.7 Å². The zero-order valence-corrected chi connectivity index (χ0v) is 15.5. The van der Waals surface area contributed by atoms with Gasteiger partial charge in [0.2, 0.25) is 11.7 Å². The standard InChI is InChI=1S/C17H18F2N4O7/c1-7(24)13(16(27)28)21-17(29)20-11(4-5-12(25)26)15-22-14(23-30-15)9-6-8(18)2-3-10(9)19/h2-3,6-7,11,13,24H,4-5H2,1H3,(H,25,26)(H,27,28)(H2,20,21,29)/t7?,11-,13?/m0/s1. The topological polar surface area (TPSA) is 175 Å². The van der Waals surface area contributed by atoms with E-state index in [2.05, 4.69) is 15.5 Å². The molecule has 0 bridgehead atoms. The van der Waals surface area contributed by atoms with Crippen molar-refractivity contribution >= 4 is 18.0 Å². The molecule has 0 radical (unpaired) electrons. The number of aliphatic carboxylic acids is 2. The van der Waals surface area contributed by atoms with Gasteiger partial charge < -0.3 is 30.5 Å². The molecular formula is C17H18F2N4O7. The van der Waals surface area contributed by atoms with Crippen LogP contribution in [0.1, 0.15) is 31.7 Å². The average molecular weight is 428 g/mol. The third-order valence-corrected chi connectivity index (χ3v) is 3.90. The molecule has 0 spiro atoms. The smallest absolute Gasteiger partial charge is 0.328 e. The van der Waals surface area contributed by atoms with Crippen LogP contribution in [0.3, 0.4) is 0 Å². The number of carbonyl (C=O) groups excluding carboxylic acids is 1. The van der Waals surface area contributed by atoms with Gasteiger partial charge in [-0.1, -0.05) is 5.16 Å². The Hall–Kier alpha value is -3.61. The number of halogens is 2. The highest BCUT2D eigenvalue weighted by Gasteiger charge is 2.28. The van der Waals surface area contributed by atoms with E-state index in [4.69, 9.17) is 14.7 Å². The van der Waals surface area contributed by atoms with Crippen molar-refractivity contribution in [3.8, 4) is 11.4 Å². The van der Waals surface area contributed by atoms with Crippen molar-refractivity contribution in [3.63, 3.8) is 0 Å². The lowest BCUT2D eigenvalue weighted by Crippen LogP contribution is -2.51. The lowest BCUT2D eigenvalue weighted by molar-refractivity contribution is -0.141. The van der Waals surface area contributed by atoms with Gasteiger partial charge in [-0.15, -0.1) is 0 Å². The predicted octanol–water partition coefficient (Wildman–Crippen LogP) is 1.05. The molecule has 1 heterocycles. The zero-order chi connectivity index (χ0) is 22.4. The van der Waals surface area contributed by atoms with Crippen LogP contribution >= 0.6 is 0 Å². The first-order valence-electron chi connectivity index (χ1n) is 8.57. The summed E-state index contributed by atoms with van der Waals surface area (Å²) in [5.74, 6) is -4.94. The van der Waals surface area contributed by atoms with Crippen LogP contribution < -0.4 is 10.6 Å².